The first-order valence-corrected chi connectivity index (χ1v) is 8.78. The van der Waals surface area contributed by atoms with Gasteiger partial charge in [-0.15, -0.1) is 0 Å². The molecule has 3 aromatic rings. The van der Waals surface area contributed by atoms with E-state index < -0.39 is 0 Å². The molecule has 1 aliphatic rings. The Morgan fingerprint density at radius 1 is 1.38 bits per heavy atom. The third kappa shape index (κ3) is 3.39. The van der Waals surface area contributed by atoms with Crippen LogP contribution in [0.3, 0.4) is 0 Å². The van der Waals surface area contributed by atoms with E-state index in [9.17, 15) is 4.79 Å². The molecule has 134 valence electrons. The fourth-order valence-corrected chi connectivity index (χ4v) is 3.20. The van der Waals surface area contributed by atoms with Gasteiger partial charge in [0.05, 0.1) is 12.2 Å². The highest BCUT2D eigenvalue weighted by molar-refractivity contribution is 6.03. The highest BCUT2D eigenvalue weighted by Crippen LogP contribution is 2.25. The predicted octanol–water partition coefficient (Wildman–Crippen LogP) is 3.02. The molecule has 1 aromatic carbocycles. The van der Waals surface area contributed by atoms with Gasteiger partial charge in [-0.1, -0.05) is 6.07 Å². The number of nitrogens with one attached hydrogen (secondary N) is 2. The number of aryl methyl sites for hydroxylation is 1. The van der Waals surface area contributed by atoms with Gasteiger partial charge < -0.3 is 15.1 Å². The quantitative estimate of drug-likeness (QED) is 0.755. The van der Waals surface area contributed by atoms with Crippen LogP contribution in [0.2, 0.25) is 0 Å². The summed E-state index contributed by atoms with van der Waals surface area (Å²) < 4.78 is 7.25. The van der Waals surface area contributed by atoms with Crippen LogP contribution in [0.25, 0.3) is 11.5 Å². The van der Waals surface area contributed by atoms with E-state index in [-0.39, 0.29) is 5.91 Å². The molecule has 1 aliphatic heterocycles. The monoisotopic (exact) mass is 351 g/mol. The summed E-state index contributed by atoms with van der Waals surface area (Å²) in [6, 6.07) is 7.72. The number of hydrogen-bond donors (Lipinski definition) is 2. The summed E-state index contributed by atoms with van der Waals surface area (Å²) in [5.74, 6) is 0.308. The molecule has 26 heavy (non-hydrogen) atoms. The minimum absolute atomic E-state index is 0.227. The number of aromatic nitrogens is 3. The Morgan fingerprint density at radius 3 is 3.08 bits per heavy atom. The standard InChI is InChI=1S/C19H21N5O2/c1-13-4-5-14(11-16(13)19-21-8-10-26-19)22-18(25)17-6-9-24(23-17)15-3-2-7-20-12-15/h4-6,8-11,15,20H,2-3,7,12H2,1H3,(H,22,25). The highest BCUT2D eigenvalue weighted by Gasteiger charge is 2.18. The number of rotatable bonds is 4. The molecule has 3 heterocycles. The maximum Gasteiger partial charge on any atom is 0.276 e. The van der Waals surface area contributed by atoms with Crippen LogP contribution in [0.15, 0.2) is 47.3 Å². The average molecular weight is 351 g/mol. The van der Waals surface area contributed by atoms with Crippen molar-refractivity contribution in [3.8, 4) is 11.5 Å². The van der Waals surface area contributed by atoms with E-state index in [1.165, 1.54) is 6.26 Å². The molecule has 1 atom stereocenters. The second kappa shape index (κ2) is 7.13. The van der Waals surface area contributed by atoms with E-state index in [0.717, 1.165) is 37.1 Å². The highest BCUT2D eigenvalue weighted by atomic mass is 16.3. The van der Waals surface area contributed by atoms with Crippen LogP contribution in [0, 0.1) is 6.92 Å². The summed E-state index contributed by atoms with van der Waals surface area (Å²) in [6.45, 7) is 3.91. The molecule has 0 saturated carbocycles. The predicted molar refractivity (Wildman–Crippen MR) is 98.0 cm³/mol. The average Bonchev–Trinajstić information content (AvgIpc) is 3.36. The first kappa shape index (κ1) is 16.5. The van der Waals surface area contributed by atoms with Crippen LogP contribution in [0.5, 0.6) is 0 Å². The molecular formula is C19H21N5O2. The van der Waals surface area contributed by atoms with Crippen LogP contribution in [-0.4, -0.2) is 33.8 Å². The number of anilines is 1. The van der Waals surface area contributed by atoms with Gasteiger partial charge in [-0.05, 0) is 50.1 Å². The molecule has 7 heteroatoms. The van der Waals surface area contributed by atoms with Crippen molar-refractivity contribution in [3.05, 3.63) is 54.2 Å². The van der Waals surface area contributed by atoms with E-state index in [1.54, 1.807) is 12.3 Å². The van der Waals surface area contributed by atoms with Crippen molar-refractivity contribution in [2.75, 3.05) is 18.4 Å². The van der Waals surface area contributed by atoms with Gasteiger partial charge in [-0.2, -0.15) is 5.10 Å². The normalized spacial score (nSPS) is 17.2. The maximum absolute atomic E-state index is 12.6. The lowest BCUT2D eigenvalue weighted by Gasteiger charge is -2.22. The number of carbonyl (C=O) groups is 1. The lowest BCUT2D eigenvalue weighted by molar-refractivity contribution is 0.102. The van der Waals surface area contributed by atoms with Crippen LogP contribution < -0.4 is 10.6 Å². The molecule has 2 N–H and O–H groups in total. The number of benzene rings is 1. The SMILES string of the molecule is Cc1ccc(NC(=O)c2ccn(C3CCCNC3)n2)cc1-c1ncco1. The van der Waals surface area contributed by atoms with Crippen molar-refractivity contribution >= 4 is 11.6 Å². The Kier molecular flexibility index (Phi) is 4.53. The van der Waals surface area contributed by atoms with E-state index in [2.05, 4.69) is 20.7 Å². The van der Waals surface area contributed by atoms with Crippen LogP contribution in [-0.2, 0) is 0 Å². The molecule has 4 rings (SSSR count). The summed E-state index contributed by atoms with van der Waals surface area (Å²) in [6.07, 6.45) is 7.21. The molecule has 1 fully saturated rings. The lowest BCUT2D eigenvalue weighted by Crippen LogP contribution is -2.32. The molecule has 1 unspecified atom stereocenters. The first-order chi connectivity index (χ1) is 12.7. The zero-order chi connectivity index (χ0) is 17.9. The molecular weight excluding hydrogens is 330 g/mol. The molecule has 0 radical (unpaired) electrons. The number of nitrogens with zero attached hydrogens (tertiary/aromatic N) is 3. The van der Waals surface area contributed by atoms with Crippen molar-refractivity contribution in [2.45, 2.75) is 25.8 Å². The maximum atomic E-state index is 12.6. The van der Waals surface area contributed by atoms with E-state index in [0.29, 0.717) is 23.3 Å². The van der Waals surface area contributed by atoms with Gasteiger partial charge >= 0.3 is 0 Å². The molecule has 1 saturated heterocycles. The minimum Gasteiger partial charge on any atom is -0.445 e. The summed E-state index contributed by atoms with van der Waals surface area (Å²) in [7, 11) is 0. The molecule has 1 amide bonds. The summed E-state index contributed by atoms with van der Waals surface area (Å²) in [5.41, 5.74) is 2.97. The van der Waals surface area contributed by atoms with Crippen molar-refractivity contribution in [1.82, 2.24) is 20.1 Å². The van der Waals surface area contributed by atoms with Crippen molar-refractivity contribution in [3.63, 3.8) is 0 Å². The second-order valence-corrected chi connectivity index (χ2v) is 6.50. The topological polar surface area (TPSA) is 85.0 Å². The van der Waals surface area contributed by atoms with Crippen molar-refractivity contribution in [1.29, 1.82) is 0 Å². The number of carbonyl (C=O) groups excluding carboxylic acids is 1. The number of piperidine rings is 1. The van der Waals surface area contributed by atoms with Gasteiger partial charge in [0.1, 0.15) is 6.26 Å². The fraction of sp³-hybridized carbons (Fsp3) is 0.316. The Bertz CT molecular complexity index is 895. The lowest BCUT2D eigenvalue weighted by atomic mass is 10.1. The summed E-state index contributed by atoms with van der Waals surface area (Å²) in [4.78, 5) is 16.7. The van der Waals surface area contributed by atoms with Gasteiger partial charge in [0, 0.05) is 24.0 Å². The molecule has 7 nitrogen and oxygen atoms in total. The fourth-order valence-electron chi connectivity index (χ4n) is 3.20. The molecule has 0 aliphatic carbocycles. The van der Waals surface area contributed by atoms with Crippen molar-refractivity contribution < 1.29 is 9.21 Å². The van der Waals surface area contributed by atoms with E-state index >= 15 is 0 Å². The van der Waals surface area contributed by atoms with Gasteiger partial charge in [0.25, 0.3) is 5.91 Å². The number of hydrogen-bond acceptors (Lipinski definition) is 5. The zero-order valence-electron chi connectivity index (χ0n) is 14.6. The molecule has 2 aromatic heterocycles. The molecule has 0 spiro atoms. The van der Waals surface area contributed by atoms with Crippen LogP contribution in [0.1, 0.15) is 34.9 Å². The second-order valence-electron chi connectivity index (χ2n) is 6.50. The van der Waals surface area contributed by atoms with Gasteiger partial charge in [-0.3, -0.25) is 9.48 Å². The first-order valence-electron chi connectivity index (χ1n) is 8.78. The molecule has 0 bridgehead atoms. The summed E-state index contributed by atoms with van der Waals surface area (Å²) >= 11 is 0. The zero-order valence-corrected chi connectivity index (χ0v) is 14.6. The van der Waals surface area contributed by atoms with Crippen molar-refractivity contribution in [2.24, 2.45) is 0 Å². The van der Waals surface area contributed by atoms with E-state index in [4.69, 9.17) is 4.42 Å². The Balaban J connectivity index is 1.50. The summed E-state index contributed by atoms with van der Waals surface area (Å²) in [5, 5.41) is 10.7. The Hall–Kier alpha value is -2.93. The van der Waals surface area contributed by atoms with Gasteiger partial charge in [0.15, 0.2) is 5.69 Å². The Labute approximate surface area is 151 Å². The van der Waals surface area contributed by atoms with Crippen LogP contribution >= 0.6 is 0 Å². The van der Waals surface area contributed by atoms with Crippen LogP contribution in [0.4, 0.5) is 5.69 Å². The van der Waals surface area contributed by atoms with Gasteiger partial charge in [0.2, 0.25) is 5.89 Å². The largest absolute Gasteiger partial charge is 0.445 e. The van der Waals surface area contributed by atoms with E-state index in [1.807, 2.05) is 36.0 Å². The number of oxazole rings is 1. The van der Waals surface area contributed by atoms with Gasteiger partial charge in [-0.25, -0.2) is 4.98 Å². The smallest absolute Gasteiger partial charge is 0.276 e. The minimum atomic E-state index is -0.227. The third-order valence-electron chi connectivity index (χ3n) is 4.64. The number of amides is 1. The Morgan fingerprint density at radius 2 is 2.31 bits per heavy atom. The third-order valence-corrected chi connectivity index (χ3v) is 4.64.